The molecule has 0 aliphatic rings. The number of nitrogens with one attached hydrogen (secondary N) is 2. The van der Waals surface area contributed by atoms with Gasteiger partial charge < -0.3 is 20.1 Å². The second-order valence-electron chi connectivity index (χ2n) is 4.37. The minimum absolute atomic E-state index is 0.0258. The molecule has 0 aliphatic heterocycles. The van der Waals surface area contributed by atoms with Crippen LogP contribution in [0.3, 0.4) is 0 Å². The number of nitro benzene ring substituents is 1. The molecular weight excluding hydrogens is 338 g/mol. The third kappa shape index (κ3) is 5.89. The van der Waals surface area contributed by atoms with Gasteiger partial charge in [0, 0.05) is 12.1 Å². The molecule has 0 heterocycles. The van der Waals surface area contributed by atoms with Gasteiger partial charge in [-0.3, -0.25) is 19.7 Å². The maximum atomic E-state index is 11.6. The second-order valence-corrected chi connectivity index (χ2v) is 4.37. The Bertz CT molecular complexity index is 666. The van der Waals surface area contributed by atoms with Gasteiger partial charge in [-0.2, -0.15) is 0 Å². The Balaban J connectivity index is 3.03. The zero-order chi connectivity index (χ0) is 19.0. The van der Waals surface area contributed by atoms with Crippen molar-refractivity contribution in [2.24, 2.45) is 0 Å². The summed E-state index contributed by atoms with van der Waals surface area (Å²) >= 11 is 0. The van der Waals surface area contributed by atoms with Gasteiger partial charge in [-0.15, -0.1) is 0 Å². The molecule has 0 saturated heterocycles. The highest BCUT2D eigenvalue weighted by molar-refractivity contribution is 6.38. The molecule has 0 atom stereocenters. The quantitative estimate of drug-likeness (QED) is 0.337. The monoisotopic (exact) mass is 353 g/mol. The average Bonchev–Trinajstić information content (AvgIpc) is 2.54. The summed E-state index contributed by atoms with van der Waals surface area (Å²) in [5.74, 6) is -4.65. The van der Waals surface area contributed by atoms with Crippen molar-refractivity contribution in [2.45, 2.75) is 13.8 Å². The zero-order valence-corrected chi connectivity index (χ0v) is 13.4. The SMILES string of the molecule is CCOC(=O)C(=O)Nc1cc(NC(=O)C(=O)OCC)cc([N+](=O)[O-])c1. The Morgan fingerprint density at radius 1 is 0.920 bits per heavy atom. The van der Waals surface area contributed by atoms with E-state index in [1.54, 1.807) is 0 Å². The summed E-state index contributed by atoms with van der Waals surface area (Å²) in [6, 6.07) is 3.07. The summed E-state index contributed by atoms with van der Waals surface area (Å²) < 4.78 is 8.98. The van der Waals surface area contributed by atoms with Crippen LogP contribution < -0.4 is 10.6 Å². The van der Waals surface area contributed by atoms with E-state index >= 15 is 0 Å². The van der Waals surface area contributed by atoms with Crippen molar-refractivity contribution in [3.8, 4) is 0 Å². The highest BCUT2D eigenvalue weighted by Crippen LogP contribution is 2.24. The van der Waals surface area contributed by atoms with Crippen LogP contribution in [0.25, 0.3) is 0 Å². The molecule has 11 heteroatoms. The van der Waals surface area contributed by atoms with Gasteiger partial charge >= 0.3 is 23.8 Å². The predicted molar refractivity (Wildman–Crippen MR) is 83.6 cm³/mol. The Labute approximate surface area is 141 Å². The average molecular weight is 353 g/mol. The summed E-state index contributed by atoms with van der Waals surface area (Å²) in [4.78, 5) is 55.9. The van der Waals surface area contributed by atoms with Gasteiger partial charge in [-0.1, -0.05) is 0 Å². The number of esters is 2. The van der Waals surface area contributed by atoms with E-state index in [4.69, 9.17) is 0 Å². The molecule has 2 amide bonds. The molecule has 0 unspecified atom stereocenters. The van der Waals surface area contributed by atoms with Crippen LogP contribution in [0.5, 0.6) is 0 Å². The summed E-state index contributed by atoms with van der Waals surface area (Å²) in [6.07, 6.45) is 0. The largest absolute Gasteiger partial charge is 0.459 e. The molecule has 0 fully saturated rings. The van der Waals surface area contributed by atoms with E-state index in [0.29, 0.717) is 0 Å². The van der Waals surface area contributed by atoms with E-state index in [1.165, 1.54) is 13.8 Å². The molecule has 1 aromatic carbocycles. The van der Waals surface area contributed by atoms with E-state index in [1.807, 2.05) is 0 Å². The van der Waals surface area contributed by atoms with Crippen molar-refractivity contribution in [2.75, 3.05) is 23.8 Å². The molecule has 1 rings (SSSR count). The second kappa shape index (κ2) is 8.96. The van der Waals surface area contributed by atoms with Crippen molar-refractivity contribution < 1.29 is 33.6 Å². The number of ether oxygens (including phenoxy) is 2. The van der Waals surface area contributed by atoms with Gasteiger partial charge in [-0.25, -0.2) is 9.59 Å². The lowest BCUT2D eigenvalue weighted by Crippen LogP contribution is -2.26. The van der Waals surface area contributed by atoms with E-state index in [-0.39, 0.29) is 24.6 Å². The number of hydrogen-bond donors (Lipinski definition) is 2. The molecule has 0 aromatic heterocycles. The van der Waals surface area contributed by atoms with Gasteiger partial charge in [0.1, 0.15) is 0 Å². The van der Waals surface area contributed by atoms with Crippen molar-refractivity contribution in [1.82, 2.24) is 0 Å². The Morgan fingerprint density at radius 2 is 1.32 bits per heavy atom. The lowest BCUT2D eigenvalue weighted by atomic mass is 10.2. The van der Waals surface area contributed by atoms with E-state index in [9.17, 15) is 29.3 Å². The number of rotatable bonds is 5. The smallest absolute Gasteiger partial charge is 0.397 e. The van der Waals surface area contributed by atoms with Gasteiger partial charge in [0.2, 0.25) is 0 Å². The molecule has 0 aliphatic carbocycles. The fraction of sp³-hybridized carbons (Fsp3) is 0.286. The van der Waals surface area contributed by atoms with Gasteiger partial charge in [0.25, 0.3) is 5.69 Å². The highest BCUT2D eigenvalue weighted by Gasteiger charge is 2.20. The number of carbonyl (C=O) groups excluding carboxylic acids is 4. The van der Waals surface area contributed by atoms with Gasteiger partial charge in [0.15, 0.2) is 0 Å². The van der Waals surface area contributed by atoms with Crippen LogP contribution in [-0.4, -0.2) is 41.9 Å². The minimum atomic E-state index is -1.17. The number of nitrogens with zero attached hydrogens (tertiary/aromatic N) is 1. The first-order valence-electron chi connectivity index (χ1n) is 7.04. The fourth-order valence-electron chi connectivity index (χ4n) is 1.62. The highest BCUT2D eigenvalue weighted by atomic mass is 16.6. The van der Waals surface area contributed by atoms with Gasteiger partial charge in [-0.05, 0) is 19.9 Å². The zero-order valence-electron chi connectivity index (χ0n) is 13.4. The lowest BCUT2D eigenvalue weighted by molar-refractivity contribution is -0.384. The topological polar surface area (TPSA) is 154 Å². The molecule has 11 nitrogen and oxygen atoms in total. The molecular formula is C14H15N3O8. The van der Waals surface area contributed by atoms with Crippen molar-refractivity contribution in [3.63, 3.8) is 0 Å². The first-order chi connectivity index (χ1) is 11.8. The molecule has 2 N–H and O–H groups in total. The summed E-state index contributed by atoms with van der Waals surface area (Å²) in [5, 5.41) is 15.2. The summed E-state index contributed by atoms with van der Waals surface area (Å²) in [5.41, 5.74) is -0.779. The molecule has 0 saturated carbocycles. The number of nitro groups is 1. The van der Waals surface area contributed by atoms with E-state index < -0.39 is 34.4 Å². The maximum absolute atomic E-state index is 11.6. The Hall–Kier alpha value is -3.50. The van der Waals surface area contributed by atoms with Crippen molar-refractivity contribution >= 4 is 40.8 Å². The maximum Gasteiger partial charge on any atom is 0.397 e. The Morgan fingerprint density at radius 3 is 1.64 bits per heavy atom. The normalized spacial score (nSPS) is 9.68. The van der Waals surface area contributed by atoms with Crippen molar-refractivity contribution in [3.05, 3.63) is 28.3 Å². The molecule has 0 radical (unpaired) electrons. The number of carbonyl (C=O) groups is 4. The number of anilines is 2. The standard InChI is InChI=1S/C14H15N3O8/c1-3-24-13(20)11(18)15-8-5-9(7-10(6-8)17(22)23)16-12(19)14(21)25-4-2/h5-7H,3-4H2,1-2H3,(H,15,18)(H,16,19). The third-order valence-electron chi connectivity index (χ3n) is 2.57. The number of benzene rings is 1. The number of amides is 2. The van der Waals surface area contributed by atoms with Gasteiger partial charge in [0.05, 0.1) is 29.5 Å². The van der Waals surface area contributed by atoms with E-state index in [0.717, 1.165) is 18.2 Å². The lowest BCUT2D eigenvalue weighted by Gasteiger charge is -2.08. The van der Waals surface area contributed by atoms with Crippen LogP contribution >= 0.6 is 0 Å². The van der Waals surface area contributed by atoms with Crippen LogP contribution in [0.15, 0.2) is 18.2 Å². The molecule has 25 heavy (non-hydrogen) atoms. The molecule has 0 bridgehead atoms. The Kier molecular flexibility index (Phi) is 7.00. The van der Waals surface area contributed by atoms with E-state index in [2.05, 4.69) is 20.1 Å². The van der Waals surface area contributed by atoms with Crippen LogP contribution in [0.1, 0.15) is 13.8 Å². The minimum Gasteiger partial charge on any atom is -0.459 e. The van der Waals surface area contributed by atoms with Crippen LogP contribution in [0.2, 0.25) is 0 Å². The van der Waals surface area contributed by atoms with Crippen molar-refractivity contribution in [1.29, 1.82) is 0 Å². The predicted octanol–water partition coefficient (Wildman–Crippen LogP) is 0.598. The van der Waals surface area contributed by atoms with Crippen LogP contribution in [0.4, 0.5) is 17.1 Å². The summed E-state index contributed by atoms with van der Waals surface area (Å²) in [7, 11) is 0. The molecule has 1 aromatic rings. The van der Waals surface area contributed by atoms with Crippen LogP contribution in [0, 0.1) is 10.1 Å². The fourth-order valence-corrected chi connectivity index (χ4v) is 1.62. The first kappa shape index (κ1) is 19.5. The third-order valence-corrected chi connectivity index (χ3v) is 2.57. The number of hydrogen-bond acceptors (Lipinski definition) is 8. The molecule has 134 valence electrons. The summed E-state index contributed by atoms with van der Waals surface area (Å²) in [6.45, 7) is 2.95. The van der Waals surface area contributed by atoms with Crippen LogP contribution in [-0.2, 0) is 28.7 Å². The number of non-ortho nitro benzene ring substituents is 1. The first-order valence-corrected chi connectivity index (χ1v) is 7.04. The molecule has 0 spiro atoms.